The molecule has 2 N–H and O–H groups in total. The van der Waals surface area contributed by atoms with Crippen molar-refractivity contribution in [3.63, 3.8) is 0 Å². The van der Waals surface area contributed by atoms with E-state index in [0.717, 1.165) is 25.0 Å². The molecule has 0 fully saturated rings. The maximum Gasteiger partial charge on any atom is 0.0753 e. The smallest absolute Gasteiger partial charge is 0.0753 e. The zero-order valence-electron chi connectivity index (χ0n) is 12.2. The Hall–Kier alpha value is -1.79. The second-order valence-corrected chi connectivity index (χ2v) is 5.46. The lowest BCUT2D eigenvalue weighted by Gasteiger charge is -2.27. The largest absolute Gasteiger partial charge is 0.394 e. The average molecular weight is 287 g/mol. The van der Waals surface area contributed by atoms with Gasteiger partial charge in [-0.1, -0.05) is 0 Å². The highest BCUT2D eigenvalue weighted by molar-refractivity contribution is 5.25. The van der Waals surface area contributed by atoms with Gasteiger partial charge in [-0.3, -0.25) is 14.6 Å². The second-order valence-electron chi connectivity index (χ2n) is 5.46. The molecule has 2 atom stereocenters. The summed E-state index contributed by atoms with van der Waals surface area (Å²) in [7, 11) is 0. The van der Waals surface area contributed by atoms with Gasteiger partial charge in [0.25, 0.3) is 0 Å². The molecule has 1 aliphatic rings. The first kappa shape index (κ1) is 14.2. The number of nitrogens with zero attached hydrogens (tertiary/aromatic N) is 4. The monoisotopic (exact) mass is 287 g/mol. The first-order valence-electron chi connectivity index (χ1n) is 7.47. The van der Waals surface area contributed by atoms with Crippen molar-refractivity contribution in [1.29, 1.82) is 0 Å². The van der Waals surface area contributed by atoms with Gasteiger partial charge in [-0.2, -0.15) is 5.10 Å². The minimum absolute atomic E-state index is 0.127. The fourth-order valence-corrected chi connectivity index (χ4v) is 3.00. The number of aliphatic hydroxyl groups excluding tert-OH is 1. The number of hydrogen-bond acceptors (Lipinski definition) is 5. The standard InChI is InChI=1S/C15H21N5O/c1-11(14-10-16-5-6-17-14)19-13-3-2-4-15-12(13)9-18-20(15)7-8-21/h5-6,9-11,13,19,21H,2-4,7-8H2,1H3. The number of nitrogens with one attached hydrogen (secondary N) is 1. The Morgan fingerprint density at radius 3 is 3.10 bits per heavy atom. The minimum Gasteiger partial charge on any atom is -0.394 e. The van der Waals surface area contributed by atoms with Gasteiger partial charge in [0.15, 0.2) is 0 Å². The fourth-order valence-electron chi connectivity index (χ4n) is 3.00. The van der Waals surface area contributed by atoms with Crippen molar-refractivity contribution in [2.75, 3.05) is 6.61 Å². The molecule has 0 amide bonds. The van der Waals surface area contributed by atoms with Crippen LogP contribution in [0.3, 0.4) is 0 Å². The molecule has 0 bridgehead atoms. The lowest BCUT2D eigenvalue weighted by atomic mass is 9.92. The first-order valence-corrected chi connectivity index (χ1v) is 7.47. The fraction of sp³-hybridized carbons (Fsp3) is 0.533. The highest BCUT2D eigenvalue weighted by atomic mass is 16.3. The summed E-state index contributed by atoms with van der Waals surface area (Å²) >= 11 is 0. The van der Waals surface area contributed by atoms with Crippen molar-refractivity contribution in [3.05, 3.63) is 41.7 Å². The second kappa shape index (κ2) is 6.32. The van der Waals surface area contributed by atoms with Gasteiger partial charge < -0.3 is 10.4 Å². The lowest BCUT2D eigenvalue weighted by molar-refractivity contribution is 0.266. The topological polar surface area (TPSA) is 75.9 Å². The van der Waals surface area contributed by atoms with Gasteiger partial charge in [0.2, 0.25) is 0 Å². The minimum atomic E-state index is 0.127. The summed E-state index contributed by atoms with van der Waals surface area (Å²) in [5, 5.41) is 17.1. The van der Waals surface area contributed by atoms with E-state index in [0.29, 0.717) is 6.54 Å². The molecule has 0 aromatic carbocycles. The van der Waals surface area contributed by atoms with E-state index in [2.05, 4.69) is 27.3 Å². The quantitative estimate of drug-likeness (QED) is 0.869. The van der Waals surface area contributed by atoms with Crippen molar-refractivity contribution < 1.29 is 5.11 Å². The lowest BCUT2D eigenvalue weighted by Crippen LogP contribution is -2.28. The molecule has 2 heterocycles. The highest BCUT2D eigenvalue weighted by Gasteiger charge is 2.25. The number of hydrogen-bond donors (Lipinski definition) is 2. The van der Waals surface area contributed by atoms with Crippen LogP contribution in [0.4, 0.5) is 0 Å². The van der Waals surface area contributed by atoms with Crippen LogP contribution in [-0.4, -0.2) is 31.5 Å². The van der Waals surface area contributed by atoms with E-state index in [1.807, 2.05) is 10.9 Å². The maximum atomic E-state index is 9.11. The predicted molar refractivity (Wildman–Crippen MR) is 78.6 cm³/mol. The molecule has 0 radical (unpaired) electrons. The summed E-state index contributed by atoms with van der Waals surface area (Å²) in [5.41, 5.74) is 3.46. The molecule has 6 heteroatoms. The summed E-state index contributed by atoms with van der Waals surface area (Å²) in [5.74, 6) is 0. The van der Waals surface area contributed by atoms with Gasteiger partial charge in [0.05, 0.1) is 25.0 Å². The Morgan fingerprint density at radius 1 is 1.43 bits per heavy atom. The molecule has 0 aliphatic heterocycles. The molecule has 0 saturated heterocycles. The molecule has 2 aromatic heterocycles. The Morgan fingerprint density at radius 2 is 2.33 bits per heavy atom. The normalized spacial score (nSPS) is 19.2. The molecule has 2 aromatic rings. The van der Waals surface area contributed by atoms with Crippen LogP contribution in [0.15, 0.2) is 24.8 Å². The van der Waals surface area contributed by atoms with E-state index < -0.39 is 0 Å². The maximum absolute atomic E-state index is 9.11. The molecule has 0 saturated carbocycles. The Kier molecular flexibility index (Phi) is 4.26. The Labute approximate surface area is 124 Å². The molecule has 21 heavy (non-hydrogen) atoms. The first-order chi connectivity index (χ1) is 10.3. The van der Waals surface area contributed by atoms with Crippen LogP contribution >= 0.6 is 0 Å². The van der Waals surface area contributed by atoms with Crippen molar-refractivity contribution in [3.8, 4) is 0 Å². The third-order valence-electron chi connectivity index (χ3n) is 4.05. The van der Waals surface area contributed by atoms with Crippen molar-refractivity contribution >= 4 is 0 Å². The van der Waals surface area contributed by atoms with Gasteiger partial charge in [0.1, 0.15) is 0 Å². The molecular weight excluding hydrogens is 266 g/mol. The van der Waals surface area contributed by atoms with E-state index >= 15 is 0 Å². The molecular formula is C15H21N5O. The van der Waals surface area contributed by atoms with Crippen LogP contribution in [0.5, 0.6) is 0 Å². The van der Waals surface area contributed by atoms with E-state index in [1.54, 1.807) is 18.6 Å². The molecule has 3 rings (SSSR count). The average Bonchev–Trinajstić information content (AvgIpc) is 2.93. The zero-order valence-corrected chi connectivity index (χ0v) is 12.2. The molecule has 6 nitrogen and oxygen atoms in total. The summed E-state index contributed by atoms with van der Waals surface area (Å²) in [6, 6.07) is 0.439. The van der Waals surface area contributed by atoms with Crippen LogP contribution in [0.2, 0.25) is 0 Å². The third-order valence-corrected chi connectivity index (χ3v) is 4.05. The Balaban J connectivity index is 1.76. The summed E-state index contributed by atoms with van der Waals surface area (Å²) in [6.07, 6.45) is 10.4. The number of aromatic nitrogens is 4. The highest BCUT2D eigenvalue weighted by Crippen LogP contribution is 2.31. The van der Waals surface area contributed by atoms with E-state index in [1.165, 1.54) is 11.3 Å². The number of rotatable bonds is 5. The van der Waals surface area contributed by atoms with Crippen molar-refractivity contribution in [2.45, 2.75) is 44.8 Å². The summed E-state index contributed by atoms with van der Waals surface area (Å²) in [6.45, 7) is 2.81. The number of aliphatic hydroxyl groups is 1. The SMILES string of the molecule is CC(NC1CCCc2c1cnn2CCO)c1cnccn1. The van der Waals surface area contributed by atoms with E-state index in [4.69, 9.17) is 5.11 Å². The van der Waals surface area contributed by atoms with Crippen LogP contribution in [0, 0.1) is 0 Å². The predicted octanol–water partition coefficient (Wildman–Crippen LogP) is 1.39. The van der Waals surface area contributed by atoms with Gasteiger partial charge >= 0.3 is 0 Å². The summed E-state index contributed by atoms with van der Waals surface area (Å²) < 4.78 is 1.93. The van der Waals surface area contributed by atoms with Crippen LogP contribution in [-0.2, 0) is 13.0 Å². The van der Waals surface area contributed by atoms with Crippen molar-refractivity contribution in [1.82, 2.24) is 25.1 Å². The van der Waals surface area contributed by atoms with Crippen molar-refractivity contribution in [2.24, 2.45) is 0 Å². The molecule has 112 valence electrons. The van der Waals surface area contributed by atoms with Gasteiger partial charge in [0, 0.05) is 41.9 Å². The van der Waals surface area contributed by atoms with Crippen LogP contribution in [0.1, 0.15) is 48.8 Å². The summed E-state index contributed by atoms with van der Waals surface area (Å²) in [4.78, 5) is 8.48. The van der Waals surface area contributed by atoms with Crippen LogP contribution < -0.4 is 5.32 Å². The number of fused-ring (bicyclic) bond motifs is 1. The van der Waals surface area contributed by atoms with E-state index in [-0.39, 0.29) is 18.7 Å². The van der Waals surface area contributed by atoms with E-state index in [9.17, 15) is 0 Å². The van der Waals surface area contributed by atoms with Gasteiger partial charge in [-0.15, -0.1) is 0 Å². The van der Waals surface area contributed by atoms with Crippen LogP contribution in [0.25, 0.3) is 0 Å². The van der Waals surface area contributed by atoms with Gasteiger partial charge in [-0.05, 0) is 26.2 Å². The molecule has 2 unspecified atom stereocenters. The van der Waals surface area contributed by atoms with Gasteiger partial charge in [-0.25, -0.2) is 0 Å². The third kappa shape index (κ3) is 2.96. The Bertz CT molecular complexity index is 583. The molecule has 1 aliphatic carbocycles. The zero-order chi connectivity index (χ0) is 14.7. The molecule has 0 spiro atoms.